The Balaban J connectivity index is 2.19. The van der Waals surface area contributed by atoms with Crippen LogP contribution in [0.15, 0.2) is 5.10 Å². The van der Waals surface area contributed by atoms with Crippen molar-refractivity contribution in [2.45, 2.75) is 26.3 Å². The van der Waals surface area contributed by atoms with Crippen molar-refractivity contribution in [2.75, 3.05) is 20.3 Å². The van der Waals surface area contributed by atoms with E-state index in [0.717, 1.165) is 18.7 Å². The Labute approximate surface area is 83.9 Å². The van der Waals surface area contributed by atoms with Crippen molar-refractivity contribution in [1.29, 1.82) is 0 Å². The monoisotopic (exact) mass is 196 g/mol. The Morgan fingerprint density at radius 2 is 2.29 bits per heavy atom. The number of hydrogen-bond acceptors (Lipinski definition) is 4. The van der Waals surface area contributed by atoms with E-state index in [4.69, 9.17) is 0 Å². The van der Waals surface area contributed by atoms with Crippen LogP contribution in [-0.2, 0) is 4.79 Å². The normalized spacial score (nSPS) is 28.1. The van der Waals surface area contributed by atoms with Gasteiger partial charge in [-0.3, -0.25) is 14.8 Å². The Hall–Kier alpha value is -1.10. The van der Waals surface area contributed by atoms with Gasteiger partial charge in [0.25, 0.3) is 5.91 Å². The average Bonchev–Trinajstić information content (AvgIpc) is 2.47. The van der Waals surface area contributed by atoms with Crippen LogP contribution < -0.4 is 0 Å². The molecule has 2 aliphatic heterocycles. The van der Waals surface area contributed by atoms with Crippen LogP contribution in [0.4, 0.5) is 0 Å². The minimum absolute atomic E-state index is 0.0499. The molecule has 0 aromatic rings. The number of amides is 1. The molecular formula is C9H16N4O. The van der Waals surface area contributed by atoms with Gasteiger partial charge in [-0.05, 0) is 13.8 Å². The summed E-state index contributed by atoms with van der Waals surface area (Å²) < 4.78 is 0. The maximum atomic E-state index is 12.0. The number of carbonyl (C=O) groups is 1. The summed E-state index contributed by atoms with van der Waals surface area (Å²) in [6.07, 6.45) is 0.781. The first kappa shape index (κ1) is 9.45. The molecule has 5 nitrogen and oxygen atoms in total. The zero-order chi connectivity index (χ0) is 10.3. The summed E-state index contributed by atoms with van der Waals surface area (Å²) in [6.45, 7) is 5.41. The highest BCUT2D eigenvalue weighted by molar-refractivity contribution is 5.93. The second-order valence-electron chi connectivity index (χ2n) is 3.85. The Morgan fingerprint density at radius 1 is 1.57 bits per heavy atom. The summed E-state index contributed by atoms with van der Waals surface area (Å²) in [5.74, 6) is 0.168. The second kappa shape index (κ2) is 3.24. The molecule has 1 unspecified atom stereocenters. The Bertz CT molecular complexity index is 289. The van der Waals surface area contributed by atoms with Gasteiger partial charge in [-0.1, -0.05) is 0 Å². The second-order valence-corrected chi connectivity index (χ2v) is 3.85. The predicted molar refractivity (Wildman–Crippen MR) is 53.4 cm³/mol. The first-order valence-corrected chi connectivity index (χ1v) is 4.96. The van der Waals surface area contributed by atoms with Crippen molar-refractivity contribution in [3.05, 3.63) is 0 Å². The number of fused-ring (bicyclic) bond motifs is 1. The van der Waals surface area contributed by atoms with E-state index in [1.165, 1.54) is 0 Å². The predicted octanol–water partition coefficient (Wildman–Crippen LogP) is 0.103. The number of hydrazone groups is 1. The van der Waals surface area contributed by atoms with Crippen molar-refractivity contribution in [3.8, 4) is 0 Å². The smallest absolute Gasteiger partial charge is 0.261 e. The lowest BCUT2D eigenvalue weighted by atomic mass is 10.1. The third-order valence-electron chi connectivity index (χ3n) is 2.75. The first-order valence-electron chi connectivity index (χ1n) is 4.96. The van der Waals surface area contributed by atoms with Crippen LogP contribution in [-0.4, -0.2) is 52.9 Å². The van der Waals surface area contributed by atoms with E-state index in [-0.39, 0.29) is 11.9 Å². The molecule has 5 heteroatoms. The fraction of sp³-hybridized carbons (Fsp3) is 0.778. The van der Waals surface area contributed by atoms with Crippen molar-refractivity contribution in [3.63, 3.8) is 0 Å². The molecule has 14 heavy (non-hydrogen) atoms. The van der Waals surface area contributed by atoms with Crippen LogP contribution in [0.3, 0.4) is 0 Å². The number of rotatable bonds is 1. The molecular weight excluding hydrogens is 180 g/mol. The summed E-state index contributed by atoms with van der Waals surface area (Å²) in [6, 6.07) is -0.0499. The highest BCUT2D eigenvalue weighted by atomic mass is 16.2. The molecule has 78 valence electrons. The van der Waals surface area contributed by atoms with E-state index in [9.17, 15) is 4.79 Å². The lowest BCUT2D eigenvalue weighted by molar-refractivity contribution is -0.169. The van der Waals surface area contributed by atoms with Crippen molar-refractivity contribution >= 4 is 11.6 Å². The topological polar surface area (TPSA) is 39.2 Å². The van der Waals surface area contributed by atoms with E-state index in [1.807, 2.05) is 30.9 Å². The molecule has 1 saturated heterocycles. The molecule has 1 amide bonds. The molecule has 0 spiro atoms. The van der Waals surface area contributed by atoms with E-state index >= 15 is 0 Å². The molecule has 1 atom stereocenters. The molecule has 2 heterocycles. The van der Waals surface area contributed by atoms with Crippen molar-refractivity contribution < 1.29 is 4.79 Å². The van der Waals surface area contributed by atoms with Gasteiger partial charge in [-0.2, -0.15) is 5.10 Å². The zero-order valence-corrected chi connectivity index (χ0v) is 8.90. The van der Waals surface area contributed by atoms with E-state index < -0.39 is 0 Å². The van der Waals surface area contributed by atoms with E-state index in [1.54, 1.807) is 5.01 Å². The van der Waals surface area contributed by atoms with Gasteiger partial charge in [0, 0.05) is 25.7 Å². The van der Waals surface area contributed by atoms with Gasteiger partial charge in [0.2, 0.25) is 0 Å². The maximum Gasteiger partial charge on any atom is 0.261 e. The minimum atomic E-state index is -0.0499. The van der Waals surface area contributed by atoms with Gasteiger partial charge >= 0.3 is 0 Å². The summed E-state index contributed by atoms with van der Waals surface area (Å²) in [7, 11) is 1.92. The van der Waals surface area contributed by atoms with Crippen LogP contribution in [0.1, 0.15) is 20.3 Å². The van der Waals surface area contributed by atoms with Gasteiger partial charge in [0.15, 0.2) is 0 Å². The van der Waals surface area contributed by atoms with Crippen molar-refractivity contribution in [2.24, 2.45) is 5.10 Å². The standard InChI is InChI=1S/C9H16N4O/c1-4-13-9(14)8-5-7(2)10-12(8)6-11(13)3/h8H,4-6H2,1-3H3. The molecule has 0 aromatic carbocycles. The Kier molecular flexibility index (Phi) is 2.19. The van der Waals surface area contributed by atoms with Gasteiger partial charge in [0.1, 0.15) is 12.7 Å². The SMILES string of the molecule is CCN1C(=O)C2CC(C)=NN2CN1C. The Morgan fingerprint density at radius 3 is 2.93 bits per heavy atom. The number of likely N-dealkylation sites (N-methyl/N-ethyl adjacent to an activating group) is 1. The molecule has 0 bridgehead atoms. The summed E-state index contributed by atoms with van der Waals surface area (Å²) in [5, 5.41) is 9.92. The highest BCUT2D eigenvalue weighted by Gasteiger charge is 2.39. The van der Waals surface area contributed by atoms with Crippen LogP contribution in [0, 0.1) is 0 Å². The lowest BCUT2D eigenvalue weighted by Crippen LogP contribution is -2.60. The minimum Gasteiger partial charge on any atom is -0.272 e. The fourth-order valence-electron chi connectivity index (χ4n) is 2.08. The van der Waals surface area contributed by atoms with Gasteiger partial charge in [-0.15, -0.1) is 0 Å². The van der Waals surface area contributed by atoms with Gasteiger partial charge < -0.3 is 0 Å². The molecule has 0 N–H and O–H groups in total. The molecule has 0 saturated carbocycles. The lowest BCUT2D eigenvalue weighted by Gasteiger charge is -2.42. The highest BCUT2D eigenvalue weighted by Crippen LogP contribution is 2.22. The van der Waals surface area contributed by atoms with Gasteiger partial charge in [0.05, 0.1) is 0 Å². The number of hydrogen-bond donors (Lipinski definition) is 0. The number of hydrazine groups is 1. The molecule has 0 radical (unpaired) electrons. The first-order chi connectivity index (χ1) is 6.63. The summed E-state index contributed by atoms with van der Waals surface area (Å²) >= 11 is 0. The zero-order valence-electron chi connectivity index (χ0n) is 8.90. The third kappa shape index (κ3) is 1.28. The van der Waals surface area contributed by atoms with Crippen LogP contribution in [0.2, 0.25) is 0 Å². The molecule has 0 aromatic heterocycles. The van der Waals surface area contributed by atoms with Gasteiger partial charge in [-0.25, -0.2) is 5.01 Å². The molecule has 1 fully saturated rings. The molecule has 2 rings (SSSR count). The third-order valence-corrected chi connectivity index (χ3v) is 2.75. The average molecular weight is 196 g/mol. The summed E-state index contributed by atoms with van der Waals surface area (Å²) in [4.78, 5) is 12.0. The largest absolute Gasteiger partial charge is 0.272 e. The fourth-order valence-corrected chi connectivity index (χ4v) is 2.08. The van der Waals surface area contributed by atoms with Crippen LogP contribution >= 0.6 is 0 Å². The number of nitrogens with zero attached hydrogens (tertiary/aromatic N) is 4. The van der Waals surface area contributed by atoms with E-state index in [2.05, 4.69) is 5.10 Å². The summed E-state index contributed by atoms with van der Waals surface area (Å²) in [5.41, 5.74) is 1.05. The molecule has 2 aliphatic rings. The molecule has 0 aliphatic carbocycles. The quantitative estimate of drug-likeness (QED) is 0.597. The van der Waals surface area contributed by atoms with Crippen LogP contribution in [0.5, 0.6) is 0 Å². The number of carbonyl (C=O) groups excluding carboxylic acids is 1. The van der Waals surface area contributed by atoms with E-state index in [0.29, 0.717) is 6.67 Å². The maximum absolute atomic E-state index is 12.0. The van der Waals surface area contributed by atoms with Crippen molar-refractivity contribution in [1.82, 2.24) is 15.0 Å². The van der Waals surface area contributed by atoms with Crippen LogP contribution in [0.25, 0.3) is 0 Å².